The van der Waals surface area contributed by atoms with Crippen molar-refractivity contribution < 1.29 is 9.72 Å². The van der Waals surface area contributed by atoms with Crippen LogP contribution in [0.2, 0.25) is 0 Å². The second kappa shape index (κ2) is 7.10. The number of anilines is 1. The molecule has 1 atom stereocenters. The molecule has 2 aliphatic heterocycles. The lowest BCUT2D eigenvalue weighted by atomic mass is 10.0. The van der Waals surface area contributed by atoms with Crippen LogP contribution in [-0.2, 0) is 11.2 Å². The van der Waals surface area contributed by atoms with Crippen molar-refractivity contribution in [2.45, 2.75) is 12.8 Å². The fourth-order valence-corrected chi connectivity index (χ4v) is 3.75. The minimum absolute atomic E-state index is 0.577. The summed E-state index contributed by atoms with van der Waals surface area (Å²) >= 11 is 0. The molecule has 0 aromatic carbocycles. The maximum absolute atomic E-state index is 5.48. The summed E-state index contributed by atoms with van der Waals surface area (Å²) < 4.78 is 7.25. The topological polar surface area (TPSA) is 82.2 Å². The fraction of sp³-hybridized carbons (Fsp3) is 0.474. The molecule has 0 radical (unpaired) electrons. The Morgan fingerprint density at radius 2 is 2.19 bits per heavy atom. The summed E-state index contributed by atoms with van der Waals surface area (Å²) in [6.45, 7) is 5.15. The van der Waals surface area contributed by atoms with E-state index in [1.165, 1.54) is 6.42 Å². The summed E-state index contributed by atoms with van der Waals surface area (Å²) in [6, 6.07) is 5.77. The van der Waals surface area contributed by atoms with Crippen molar-refractivity contribution in [3.8, 4) is 5.95 Å². The summed E-state index contributed by atoms with van der Waals surface area (Å²) in [5, 5.41) is 8.14. The van der Waals surface area contributed by atoms with Gasteiger partial charge in [0, 0.05) is 19.3 Å². The van der Waals surface area contributed by atoms with E-state index in [-0.39, 0.29) is 0 Å². The van der Waals surface area contributed by atoms with Gasteiger partial charge in [-0.2, -0.15) is 10.1 Å². The number of hydrogen-bond donors (Lipinski definition) is 1. The lowest BCUT2D eigenvalue weighted by Gasteiger charge is -2.26. The monoisotopic (exact) mass is 364 g/mol. The SMILES string of the molecule is c1ccc2nc(-n3ccc(CC4CCNC4)n3)nc(N3CCOCC3)c2[n+]#1. The Kier molecular flexibility index (Phi) is 4.32. The molecule has 1 N–H and O–H groups in total. The molecule has 8 nitrogen and oxygen atoms in total. The number of nitrogens with zero attached hydrogens (tertiary/aromatic N) is 6. The van der Waals surface area contributed by atoms with E-state index in [0.29, 0.717) is 25.1 Å². The minimum Gasteiger partial charge on any atom is -0.378 e. The van der Waals surface area contributed by atoms with Gasteiger partial charge in [0.25, 0.3) is 5.95 Å². The van der Waals surface area contributed by atoms with Crippen molar-refractivity contribution >= 4 is 16.9 Å². The van der Waals surface area contributed by atoms with Crippen LogP contribution >= 0.6 is 0 Å². The number of ether oxygens (including phenoxy) is 1. The molecule has 1 unspecified atom stereocenters. The van der Waals surface area contributed by atoms with Crippen molar-refractivity contribution in [1.82, 2.24) is 25.1 Å². The van der Waals surface area contributed by atoms with Crippen LogP contribution in [0.4, 0.5) is 5.82 Å². The number of hydrogen-bond acceptors (Lipinski definition) is 6. The molecule has 27 heavy (non-hydrogen) atoms. The maximum atomic E-state index is 5.48. The number of nitrogens with one attached hydrogen (secondary N) is 1. The van der Waals surface area contributed by atoms with Crippen molar-refractivity contribution in [2.24, 2.45) is 5.92 Å². The number of aromatic nitrogens is 5. The van der Waals surface area contributed by atoms with Crippen LogP contribution in [0.15, 0.2) is 24.4 Å². The molecule has 2 fully saturated rings. The molecule has 3 aromatic rings. The van der Waals surface area contributed by atoms with Crippen LogP contribution in [0.3, 0.4) is 0 Å². The van der Waals surface area contributed by atoms with Gasteiger partial charge in [-0.05, 0) is 49.0 Å². The van der Waals surface area contributed by atoms with E-state index >= 15 is 0 Å². The number of rotatable bonds is 4. The fourth-order valence-electron chi connectivity index (χ4n) is 3.75. The highest BCUT2D eigenvalue weighted by atomic mass is 16.5. The van der Waals surface area contributed by atoms with Gasteiger partial charge < -0.3 is 15.0 Å². The molecule has 0 amide bonds. The number of fused-ring (bicyclic) bond motifs is 1. The Balaban J connectivity index is 1.50. The normalized spacial score (nSPS) is 20.1. The van der Waals surface area contributed by atoms with Gasteiger partial charge in [0.05, 0.1) is 25.0 Å². The van der Waals surface area contributed by atoms with Crippen molar-refractivity contribution in [1.29, 1.82) is 0 Å². The standard InChI is InChI=1S/C19H22N7O/c1-2-16-17(21-5-1)18(25-8-10-27-11-9-25)23-19(22-16)26-7-4-15(24-26)12-14-3-6-20-13-14/h1-2,4,7,14,20H,3,6,8-13H2/q+1. The Labute approximate surface area is 157 Å². The lowest BCUT2D eigenvalue weighted by molar-refractivity contribution is -0.258. The van der Waals surface area contributed by atoms with E-state index in [0.717, 1.165) is 55.1 Å². The first-order valence-corrected chi connectivity index (χ1v) is 9.50. The highest BCUT2D eigenvalue weighted by Gasteiger charge is 2.24. The third-order valence-corrected chi connectivity index (χ3v) is 5.19. The molecule has 5 rings (SSSR count). The van der Waals surface area contributed by atoms with E-state index in [1.54, 1.807) is 10.7 Å². The third kappa shape index (κ3) is 3.31. The van der Waals surface area contributed by atoms with Crippen molar-refractivity contribution in [3.63, 3.8) is 0 Å². The molecule has 138 valence electrons. The van der Waals surface area contributed by atoms with Gasteiger partial charge in [-0.25, -0.2) is 9.67 Å². The zero-order valence-corrected chi connectivity index (χ0v) is 15.1. The molecular weight excluding hydrogens is 342 g/mol. The van der Waals surface area contributed by atoms with Gasteiger partial charge in [0.1, 0.15) is 0 Å². The summed E-state index contributed by atoms with van der Waals surface area (Å²) in [5.41, 5.74) is 2.66. The second-order valence-electron chi connectivity index (χ2n) is 7.07. The molecule has 3 aromatic heterocycles. The Morgan fingerprint density at radius 1 is 1.26 bits per heavy atom. The molecule has 5 heterocycles. The van der Waals surface area contributed by atoms with Crippen LogP contribution in [0, 0.1) is 12.1 Å². The molecule has 2 aliphatic rings. The molecule has 0 spiro atoms. The van der Waals surface area contributed by atoms with E-state index in [9.17, 15) is 0 Å². The molecule has 0 saturated carbocycles. The first kappa shape index (κ1) is 16.4. The van der Waals surface area contributed by atoms with E-state index in [4.69, 9.17) is 14.8 Å². The largest absolute Gasteiger partial charge is 0.408 e. The van der Waals surface area contributed by atoms with Gasteiger partial charge in [-0.15, -0.1) is 0 Å². The summed E-state index contributed by atoms with van der Waals surface area (Å²) in [6.07, 6.45) is 7.05. The Bertz CT molecular complexity index is 929. The first-order valence-electron chi connectivity index (χ1n) is 9.50. The van der Waals surface area contributed by atoms with E-state index < -0.39 is 0 Å². The van der Waals surface area contributed by atoms with Crippen LogP contribution in [-0.4, -0.2) is 59.1 Å². The predicted molar refractivity (Wildman–Crippen MR) is 98.8 cm³/mol. The molecular formula is C19H22N7O+. The minimum atomic E-state index is 0.577. The Hall–Kier alpha value is -2.76. The lowest BCUT2D eigenvalue weighted by Crippen LogP contribution is -2.37. The van der Waals surface area contributed by atoms with Crippen LogP contribution in [0.5, 0.6) is 0 Å². The Morgan fingerprint density at radius 3 is 3.04 bits per heavy atom. The predicted octanol–water partition coefficient (Wildman–Crippen LogP) is 0.204. The molecule has 8 heteroatoms. The van der Waals surface area contributed by atoms with E-state index in [1.807, 2.05) is 12.3 Å². The second-order valence-corrected chi connectivity index (χ2v) is 7.07. The third-order valence-electron chi connectivity index (χ3n) is 5.19. The van der Waals surface area contributed by atoms with Gasteiger partial charge >= 0.3 is 11.7 Å². The van der Waals surface area contributed by atoms with Gasteiger partial charge in [-0.1, -0.05) is 0 Å². The van der Waals surface area contributed by atoms with Crippen LogP contribution in [0.25, 0.3) is 17.0 Å². The van der Waals surface area contributed by atoms with Crippen LogP contribution < -0.4 is 15.2 Å². The van der Waals surface area contributed by atoms with E-state index in [2.05, 4.69) is 32.4 Å². The van der Waals surface area contributed by atoms with Gasteiger partial charge in [-0.3, -0.25) is 0 Å². The summed E-state index contributed by atoms with van der Waals surface area (Å²) in [7, 11) is 0. The smallest absolute Gasteiger partial charge is 0.378 e. The maximum Gasteiger partial charge on any atom is 0.408 e. The highest BCUT2D eigenvalue weighted by molar-refractivity contribution is 5.82. The molecule has 0 bridgehead atoms. The molecule has 0 aliphatic carbocycles. The van der Waals surface area contributed by atoms with Crippen molar-refractivity contribution in [3.05, 3.63) is 36.3 Å². The molecule has 2 saturated heterocycles. The van der Waals surface area contributed by atoms with Crippen LogP contribution in [0.1, 0.15) is 12.1 Å². The first-order chi connectivity index (χ1) is 13.4. The van der Waals surface area contributed by atoms with Gasteiger partial charge in [0.2, 0.25) is 5.82 Å². The average molecular weight is 364 g/mol. The summed E-state index contributed by atoms with van der Waals surface area (Å²) in [5.74, 6) is 2.06. The number of morpholine rings is 1. The zero-order chi connectivity index (χ0) is 18.1. The highest BCUT2D eigenvalue weighted by Crippen LogP contribution is 2.22. The van der Waals surface area contributed by atoms with Gasteiger partial charge in [0.15, 0.2) is 5.52 Å². The summed E-state index contributed by atoms with van der Waals surface area (Å²) in [4.78, 5) is 16.1. The average Bonchev–Trinajstić information content (AvgIpc) is 3.40. The quantitative estimate of drug-likeness (QED) is 0.708. The zero-order valence-electron chi connectivity index (χ0n) is 15.1. The van der Waals surface area contributed by atoms with Crippen molar-refractivity contribution in [2.75, 3.05) is 44.3 Å².